The Kier molecular flexibility index (Phi) is 5.84. The van der Waals surface area contributed by atoms with Crippen molar-refractivity contribution in [3.63, 3.8) is 0 Å². The summed E-state index contributed by atoms with van der Waals surface area (Å²) in [4.78, 5) is 23.8. The van der Waals surface area contributed by atoms with E-state index in [2.05, 4.69) is 10.6 Å². The van der Waals surface area contributed by atoms with E-state index in [1.807, 2.05) is 0 Å². The van der Waals surface area contributed by atoms with Crippen molar-refractivity contribution in [1.29, 1.82) is 0 Å². The van der Waals surface area contributed by atoms with Crippen LogP contribution in [0.2, 0.25) is 0 Å². The third kappa shape index (κ3) is 4.37. The van der Waals surface area contributed by atoms with Crippen molar-refractivity contribution in [1.82, 2.24) is 0 Å². The van der Waals surface area contributed by atoms with Crippen LogP contribution in [0, 0.1) is 5.92 Å². The van der Waals surface area contributed by atoms with Crippen LogP contribution in [0.25, 0.3) is 0 Å². The Morgan fingerprint density at radius 1 is 0.957 bits per heavy atom. The highest BCUT2D eigenvalue weighted by molar-refractivity contribution is 5.97. The minimum Gasteiger partial charge on any atom is -0.494 e. The molecule has 0 aromatic heterocycles. The molecule has 1 aliphatic carbocycles. The minimum atomic E-state index is -0.210. The SMILES string of the molecule is COc1cc(OC)c(NC(=O)C2CCCCC2)cc1NC(C)=O. The number of ether oxygens (including phenoxy) is 2. The van der Waals surface area contributed by atoms with Gasteiger partial charge in [-0.1, -0.05) is 19.3 Å². The highest BCUT2D eigenvalue weighted by atomic mass is 16.5. The molecule has 2 amide bonds. The number of carbonyl (C=O) groups excluding carboxylic acids is 2. The highest BCUT2D eigenvalue weighted by Gasteiger charge is 2.23. The first-order chi connectivity index (χ1) is 11.0. The number of carbonyl (C=O) groups is 2. The Labute approximate surface area is 136 Å². The van der Waals surface area contributed by atoms with Crippen molar-refractivity contribution >= 4 is 23.2 Å². The summed E-state index contributed by atoms with van der Waals surface area (Å²) in [5, 5.41) is 5.62. The maximum Gasteiger partial charge on any atom is 0.227 e. The van der Waals surface area contributed by atoms with E-state index in [1.54, 1.807) is 12.1 Å². The summed E-state index contributed by atoms with van der Waals surface area (Å²) in [7, 11) is 3.05. The van der Waals surface area contributed by atoms with Gasteiger partial charge in [0.25, 0.3) is 0 Å². The summed E-state index contributed by atoms with van der Waals surface area (Å²) in [6, 6.07) is 3.32. The minimum absolute atomic E-state index is 0.00180. The topological polar surface area (TPSA) is 76.7 Å². The van der Waals surface area contributed by atoms with Crippen LogP contribution in [0.1, 0.15) is 39.0 Å². The smallest absolute Gasteiger partial charge is 0.227 e. The zero-order valence-corrected chi connectivity index (χ0v) is 13.9. The van der Waals surface area contributed by atoms with Crippen LogP contribution in [-0.2, 0) is 9.59 Å². The predicted molar refractivity (Wildman–Crippen MR) is 89.1 cm³/mol. The third-order valence-corrected chi connectivity index (χ3v) is 4.07. The molecule has 2 N–H and O–H groups in total. The van der Waals surface area contributed by atoms with Crippen LogP contribution < -0.4 is 20.1 Å². The van der Waals surface area contributed by atoms with Crippen molar-refractivity contribution < 1.29 is 19.1 Å². The maximum absolute atomic E-state index is 12.4. The number of nitrogens with one attached hydrogen (secondary N) is 2. The zero-order valence-electron chi connectivity index (χ0n) is 13.9. The molecule has 0 spiro atoms. The van der Waals surface area contributed by atoms with Crippen molar-refractivity contribution in [3.05, 3.63) is 12.1 Å². The van der Waals surface area contributed by atoms with Crippen LogP contribution in [0.5, 0.6) is 11.5 Å². The summed E-state index contributed by atoms with van der Waals surface area (Å²) in [6.07, 6.45) is 5.22. The molecule has 6 nitrogen and oxygen atoms in total. The molecule has 1 saturated carbocycles. The second-order valence-corrected chi connectivity index (χ2v) is 5.76. The summed E-state index contributed by atoms with van der Waals surface area (Å²) in [5.74, 6) is 0.813. The predicted octanol–water partition coefficient (Wildman–Crippen LogP) is 3.18. The average molecular weight is 320 g/mol. The lowest BCUT2D eigenvalue weighted by Crippen LogP contribution is -2.25. The van der Waals surface area contributed by atoms with Gasteiger partial charge in [0.2, 0.25) is 11.8 Å². The van der Waals surface area contributed by atoms with Gasteiger partial charge < -0.3 is 20.1 Å². The van der Waals surface area contributed by atoms with Crippen LogP contribution >= 0.6 is 0 Å². The maximum atomic E-state index is 12.4. The van der Waals surface area contributed by atoms with Gasteiger partial charge in [-0.15, -0.1) is 0 Å². The summed E-state index contributed by atoms with van der Waals surface area (Å²) >= 11 is 0. The zero-order chi connectivity index (χ0) is 16.8. The molecule has 2 rings (SSSR count). The van der Waals surface area contributed by atoms with Crippen LogP contribution in [0.4, 0.5) is 11.4 Å². The molecule has 6 heteroatoms. The van der Waals surface area contributed by atoms with Crippen molar-refractivity contribution in [2.45, 2.75) is 39.0 Å². The molecule has 0 unspecified atom stereocenters. The first-order valence-corrected chi connectivity index (χ1v) is 7.89. The number of amides is 2. The molecular weight excluding hydrogens is 296 g/mol. The van der Waals surface area contributed by atoms with Crippen LogP contribution in [0.15, 0.2) is 12.1 Å². The molecule has 1 aliphatic rings. The van der Waals surface area contributed by atoms with Gasteiger partial charge >= 0.3 is 0 Å². The van der Waals surface area contributed by atoms with Gasteiger partial charge in [-0.05, 0) is 18.9 Å². The standard InChI is InChI=1S/C17H24N2O4/c1-11(20)18-13-9-14(16(23-3)10-15(13)22-2)19-17(21)12-7-5-4-6-8-12/h9-10,12H,4-8H2,1-3H3,(H,18,20)(H,19,21). The van der Waals surface area contributed by atoms with Crippen molar-refractivity contribution in [3.8, 4) is 11.5 Å². The average Bonchev–Trinajstić information content (AvgIpc) is 2.55. The monoisotopic (exact) mass is 320 g/mol. The Hall–Kier alpha value is -2.24. The molecule has 23 heavy (non-hydrogen) atoms. The number of rotatable bonds is 5. The first kappa shape index (κ1) is 17.1. The summed E-state index contributed by atoms with van der Waals surface area (Å²) < 4.78 is 10.6. The van der Waals surface area contributed by atoms with Crippen molar-refractivity contribution in [2.24, 2.45) is 5.92 Å². The molecule has 0 saturated heterocycles. The van der Waals surface area contributed by atoms with E-state index in [4.69, 9.17) is 9.47 Å². The molecule has 0 atom stereocenters. The van der Waals surface area contributed by atoms with Gasteiger partial charge in [0.15, 0.2) is 0 Å². The van der Waals surface area contributed by atoms with Gasteiger partial charge in [0.1, 0.15) is 11.5 Å². The van der Waals surface area contributed by atoms with E-state index < -0.39 is 0 Å². The van der Waals surface area contributed by atoms with E-state index in [0.717, 1.165) is 25.7 Å². The fourth-order valence-electron chi connectivity index (χ4n) is 2.88. The number of hydrogen-bond donors (Lipinski definition) is 2. The third-order valence-electron chi connectivity index (χ3n) is 4.07. The molecule has 0 radical (unpaired) electrons. The van der Waals surface area contributed by atoms with Gasteiger partial charge in [-0.2, -0.15) is 0 Å². The molecule has 1 fully saturated rings. The van der Waals surface area contributed by atoms with Crippen LogP contribution in [-0.4, -0.2) is 26.0 Å². The molecule has 0 heterocycles. The Morgan fingerprint density at radius 2 is 1.52 bits per heavy atom. The van der Waals surface area contributed by atoms with E-state index in [0.29, 0.717) is 22.9 Å². The Balaban J connectivity index is 2.24. The van der Waals surface area contributed by atoms with Gasteiger partial charge in [0.05, 0.1) is 25.6 Å². The van der Waals surface area contributed by atoms with E-state index in [1.165, 1.54) is 27.6 Å². The second-order valence-electron chi connectivity index (χ2n) is 5.76. The molecule has 0 bridgehead atoms. The molecule has 1 aromatic carbocycles. The van der Waals surface area contributed by atoms with E-state index in [9.17, 15) is 9.59 Å². The number of anilines is 2. The lowest BCUT2D eigenvalue weighted by atomic mass is 9.88. The Morgan fingerprint density at radius 3 is 2.04 bits per heavy atom. The normalized spacial score (nSPS) is 14.9. The summed E-state index contributed by atoms with van der Waals surface area (Å²) in [5.41, 5.74) is 1.03. The molecule has 126 valence electrons. The second kappa shape index (κ2) is 7.85. The quantitative estimate of drug-likeness (QED) is 0.873. The van der Waals surface area contributed by atoms with Gasteiger partial charge in [-0.3, -0.25) is 9.59 Å². The summed E-state index contributed by atoms with van der Waals surface area (Å²) in [6.45, 7) is 1.42. The molecular formula is C17H24N2O4. The fraction of sp³-hybridized carbons (Fsp3) is 0.529. The molecule has 0 aliphatic heterocycles. The first-order valence-electron chi connectivity index (χ1n) is 7.89. The van der Waals surface area contributed by atoms with E-state index in [-0.39, 0.29) is 17.7 Å². The lowest BCUT2D eigenvalue weighted by Gasteiger charge is -2.22. The van der Waals surface area contributed by atoms with Gasteiger partial charge in [-0.25, -0.2) is 0 Å². The number of methoxy groups -OCH3 is 2. The van der Waals surface area contributed by atoms with E-state index >= 15 is 0 Å². The lowest BCUT2D eigenvalue weighted by molar-refractivity contribution is -0.120. The van der Waals surface area contributed by atoms with Crippen LogP contribution in [0.3, 0.4) is 0 Å². The Bertz CT molecular complexity index is 580. The van der Waals surface area contributed by atoms with Gasteiger partial charge in [0, 0.05) is 18.9 Å². The number of hydrogen-bond acceptors (Lipinski definition) is 4. The van der Waals surface area contributed by atoms with Crippen molar-refractivity contribution in [2.75, 3.05) is 24.9 Å². The fourth-order valence-corrected chi connectivity index (χ4v) is 2.88. The number of benzene rings is 1. The largest absolute Gasteiger partial charge is 0.494 e. The highest BCUT2D eigenvalue weighted by Crippen LogP contribution is 2.37. The molecule has 1 aromatic rings.